The number of methoxy groups -OCH3 is 1. The Morgan fingerprint density at radius 1 is 1.28 bits per heavy atom. The summed E-state index contributed by atoms with van der Waals surface area (Å²) in [4.78, 5) is 24.0. The molecule has 1 fully saturated rings. The van der Waals surface area contributed by atoms with Crippen LogP contribution in [0.1, 0.15) is 31.2 Å². The number of aromatic nitrogens is 3. The fourth-order valence-corrected chi connectivity index (χ4v) is 4.21. The van der Waals surface area contributed by atoms with Crippen molar-refractivity contribution in [2.24, 2.45) is 5.92 Å². The molecule has 0 bridgehead atoms. The van der Waals surface area contributed by atoms with Gasteiger partial charge in [-0.15, -0.1) is 0 Å². The average molecular weight is 393 g/mol. The number of hydrogen-bond acceptors (Lipinski definition) is 4. The lowest BCUT2D eigenvalue weighted by atomic mass is 10.0. The fourth-order valence-electron chi connectivity index (χ4n) is 4.21. The molecule has 1 aromatic carbocycles. The third-order valence-corrected chi connectivity index (χ3v) is 5.77. The Morgan fingerprint density at radius 3 is 3.00 bits per heavy atom. The second kappa shape index (κ2) is 8.64. The van der Waals surface area contributed by atoms with E-state index in [1.165, 1.54) is 0 Å². The normalized spacial score (nSPS) is 16.5. The highest BCUT2D eigenvalue weighted by molar-refractivity contribution is 5.76. The van der Waals surface area contributed by atoms with E-state index in [1.807, 2.05) is 47.5 Å². The summed E-state index contributed by atoms with van der Waals surface area (Å²) in [5, 5.41) is 0. The largest absolute Gasteiger partial charge is 0.497 e. The Kier molecular flexibility index (Phi) is 5.79. The minimum absolute atomic E-state index is 0.237. The number of pyridine rings is 1. The molecule has 0 N–H and O–H groups in total. The maximum absolute atomic E-state index is 12.7. The highest BCUT2D eigenvalue weighted by atomic mass is 16.5. The number of amides is 1. The van der Waals surface area contributed by atoms with Gasteiger partial charge < -0.3 is 14.2 Å². The summed E-state index contributed by atoms with van der Waals surface area (Å²) in [6, 6.07) is 11.9. The van der Waals surface area contributed by atoms with Crippen molar-refractivity contribution in [1.29, 1.82) is 0 Å². The van der Waals surface area contributed by atoms with Gasteiger partial charge in [0.25, 0.3) is 0 Å². The number of carbonyl (C=O) groups excluding carboxylic acids is 1. The summed E-state index contributed by atoms with van der Waals surface area (Å²) >= 11 is 0. The summed E-state index contributed by atoms with van der Waals surface area (Å²) in [6.07, 6.45) is 5.03. The van der Waals surface area contributed by atoms with Gasteiger partial charge in [0, 0.05) is 38.7 Å². The van der Waals surface area contributed by atoms with E-state index in [2.05, 4.69) is 16.5 Å². The van der Waals surface area contributed by atoms with Crippen molar-refractivity contribution < 1.29 is 9.53 Å². The van der Waals surface area contributed by atoms with Gasteiger partial charge in [-0.25, -0.2) is 9.97 Å². The van der Waals surface area contributed by atoms with Gasteiger partial charge in [-0.1, -0.05) is 12.1 Å². The maximum atomic E-state index is 12.7. The molecule has 0 spiro atoms. The number of carbonyl (C=O) groups is 1. The van der Waals surface area contributed by atoms with Gasteiger partial charge in [-0.05, 0) is 55.5 Å². The summed E-state index contributed by atoms with van der Waals surface area (Å²) in [7, 11) is 1.66. The van der Waals surface area contributed by atoms with E-state index in [-0.39, 0.29) is 5.91 Å². The Hall–Kier alpha value is -2.89. The zero-order chi connectivity index (χ0) is 20.2. The molecule has 3 aromatic rings. The first-order valence-corrected chi connectivity index (χ1v) is 10.4. The van der Waals surface area contributed by atoms with Crippen LogP contribution < -0.4 is 4.74 Å². The predicted molar refractivity (Wildman–Crippen MR) is 113 cm³/mol. The minimum atomic E-state index is 0.237. The van der Waals surface area contributed by atoms with Crippen LogP contribution in [0.25, 0.3) is 11.2 Å². The van der Waals surface area contributed by atoms with Crippen LogP contribution in [0.3, 0.4) is 0 Å². The van der Waals surface area contributed by atoms with Gasteiger partial charge in [0.05, 0.1) is 7.11 Å². The topological polar surface area (TPSA) is 60.2 Å². The maximum Gasteiger partial charge on any atom is 0.222 e. The van der Waals surface area contributed by atoms with Gasteiger partial charge in [-0.3, -0.25) is 4.79 Å². The van der Waals surface area contributed by atoms with E-state index >= 15 is 0 Å². The molecule has 6 nitrogen and oxygen atoms in total. The summed E-state index contributed by atoms with van der Waals surface area (Å²) in [6.45, 7) is 4.64. The molecule has 2 aromatic heterocycles. The van der Waals surface area contributed by atoms with Crippen molar-refractivity contribution in [2.75, 3.05) is 20.2 Å². The SMILES string of the molecule is CCn1c(C[C@H]2CCN(C(=O)CCc3cccc(OC)c3)C2)nc2cccnc21. The molecule has 4 rings (SSSR count). The van der Waals surface area contributed by atoms with E-state index in [0.717, 1.165) is 67.2 Å². The van der Waals surface area contributed by atoms with Gasteiger partial charge in [0.2, 0.25) is 5.91 Å². The van der Waals surface area contributed by atoms with Gasteiger partial charge in [0.15, 0.2) is 5.65 Å². The quantitative estimate of drug-likeness (QED) is 0.618. The Morgan fingerprint density at radius 2 is 2.17 bits per heavy atom. The van der Waals surface area contributed by atoms with Crippen LogP contribution in [0, 0.1) is 5.92 Å². The molecular formula is C23H28N4O2. The molecule has 0 unspecified atom stereocenters. The summed E-state index contributed by atoms with van der Waals surface area (Å²) < 4.78 is 7.46. The number of rotatable bonds is 7. The smallest absolute Gasteiger partial charge is 0.222 e. The first-order chi connectivity index (χ1) is 14.2. The van der Waals surface area contributed by atoms with Crippen LogP contribution >= 0.6 is 0 Å². The van der Waals surface area contributed by atoms with Crippen LogP contribution in [-0.4, -0.2) is 45.5 Å². The van der Waals surface area contributed by atoms with Crippen molar-refractivity contribution >= 4 is 17.1 Å². The standard InChI is InChI=1S/C23H28N4O2/c1-3-27-21(25-20-8-5-12-24-23(20)27)15-18-11-13-26(16-18)22(28)10-9-17-6-4-7-19(14-17)29-2/h4-8,12,14,18H,3,9-11,13,15-16H2,1-2H3/t18-/m1/s1. The highest BCUT2D eigenvalue weighted by Gasteiger charge is 2.27. The molecule has 1 aliphatic heterocycles. The number of benzene rings is 1. The third kappa shape index (κ3) is 4.26. The zero-order valence-electron chi connectivity index (χ0n) is 17.2. The predicted octanol–water partition coefficient (Wildman–Crippen LogP) is 3.48. The number of hydrogen-bond donors (Lipinski definition) is 0. The molecule has 1 amide bonds. The summed E-state index contributed by atoms with van der Waals surface area (Å²) in [5.74, 6) is 2.61. The van der Waals surface area contributed by atoms with E-state index in [0.29, 0.717) is 12.3 Å². The molecule has 6 heteroatoms. The van der Waals surface area contributed by atoms with Crippen LogP contribution in [0.5, 0.6) is 5.75 Å². The average Bonchev–Trinajstić information content (AvgIpc) is 3.36. The lowest BCUT2D eigenvalue weighted by Crippen LogP contribution is -2.29. The molecule has 1 saturated heterocycles. The van der Waals surface area contributed by atoms with Crippen molar-refractivity contribution in [1.82, 2.24) is 19.4 Å². The van der Waals surface area contributed by atoms with Crippen molar-refractivity contribution in [3.05, 3.63) is 54.0 Å². The van der Waals surface area contributed by atoms with E-state index in [4.69, 9.17) is 9.72 Å². The van der Waals surface area contributed by atoms with Crippen molar-refractivity contribution in [2.45, 2.75) is 39.2 Å². The van der Waals surface area contributed by atoms with Crippen LogP contribution in [0.2, 0.25) is 0 Å². The van der Waals surface area contributed by atoms with Gasteiger partial charge in [-0.2, -0.15) is 0 Å². The monoisotopic (exact) mass is 392 g/mol. The molecule has 0 radical (unpaired) electrons. The first-order valence-electron chi connectivity index (χ1n) is 10.4. The van der Waals surface area contributed by atoms with Crippen molar-refractivity contribution in [3.8, 4) is 5.75 Å². The molecule has 1 aliphatic rings. The molecule has 29 heavy (non-hydrogen) atoms. The van der Waals surface area contributed by atoms with Gasteiger partial charge >= 0.3 is 0 Å². The van der Waals surface area contributed by atoms with E-state index in [9.17, 15) is 4.79 Å². The van der Waals surface area contributed by atoms with E-state index in [1.54, 1.807) is 7.11 Å². The zero-order valence-corrected chi connectivity index (χ0v) is 17.2. The molecule has 0 saturated carbocycles. The van der Waals surface area contributed by atoms with Gasteiger partial charge in [0.1, 0.15) is 17.1 Å². The number of nitrogens with zero attached hydrogens (tertiary/aromatic N) is 4. The minimum Gasteiger partial charge on any atom is -0.497 e. The molecule has 3 heterocycles. The second-order valence-corrected chi connectivity index (χ2v) is 7.67. The number of ether oxygens (including phenoxy) is 1. The fraction of sp³-hybridized carbons (Fsp3) is 0.435. The first kappa shape index (κ1) is 19.4. The Labute approximate surface area is 171 Å². The number of likely N-dealkylation sites (tertiary alicyclic amines) is 1. The lowest BCUT2D eigenvalue weighted by Gasteiger charge is -2.17. The Balaban J connectivity index is 1.35. The number of fused-ring (bicyclic) bond motifs is 1. The molecule has 1 atom stereocenters. The molecule has 152 valence electrons. The van der Waals surface area contributed by atoms with E-state index < -0.39 is 0 Å². The Bertz CT molecular complexity index is 997. The van der Waals surface area contributed by atoms with Crippen LogP contribution in [0.15, 0.2) is 42.6 Å². The van der Waals surface area contributed by atoms with Crippen LogP contribution in [-0.2, 0) is 24.2 Å². The third-order valence-electron chi connectivity index (χ3n) is 5.77. The second-order valence-electron chi connectivity index (χ2n) is 7.67. The lowest BCUT2D eigenvalue weighted by molar-refractivity contribution is -0.130. The number of imidazole rings is 1. The summed E-state index contributed by atoms with van der Waals surface area (Å²) in [5.41, 5.74) is 3.04. The van der Waals surface area contributed by atoms with Crippen molar-refractivity contribution in [3.63, 3.8) is 0 Å². The molecule has 0 aliphatic carbocycles. The van der Waals surface area contributed by atoms with Crippen LogP contribution in [0.4, 0.5) is 0 Å². The molecular weight excluding hydrogens is 364 g/mol. The number of aryl methyl sites for hydroxylation is 2. The highest BCUT2D eigenvalue weighted by Crippen LogP contribution is 2.24.